The lowest BCUT2D eigenvalue weighted by molar-refractivity contribution is -0.384. The van der Waals surface area contributed by atoms with E-state index >= 15 is 0 Å². The Morgan fingerprint density at radius 3 is 2.00 bits per heavy atom. The zero-order valence-corrected chi connectivity index (χ0v) is 10.3. The molecular formula is C14H14N2O2. The summed E-state index contributed by atoms with van der Waals surface area (Å²) >= 11 is 0. The summed E-state index contributed by atoms with van der Waals surface area (Å²) in [4.78, 5) is 10.1. The summed E-state index contributed by atoms with van der Waals surface area (Å²) in [6, 6.07) is 12.6. The van der Waals surface area contributed by atoms with E-state index in [-0.39, 0.29) is 5.69 Å². The maximum absolute atomic E-state index is 10.5. The molecule has 0 aromatic heterocycles. The molecule has 2 aromatic rings. The highest BCUT2D eigenvalue weighted by Gasteiger charge is 2.04. The molecule has 18 heavy (non-hydrogen) atoms. The average Bonchev–Trinajstić information content (AvgIpc) is 2.28. The van der Waals surface area contributed by atoms with E-state index < -0.39 is 4.92 Å². The van der Waals surface area contributed by atoms with Crippen molar-refractivity contribution in [2.45, 2.75) is 13.8 Å². The quantitative estimate of drug-likeness (QED) is 0.654. The Bertz CT molecular complexity index is 557. The number of nitrogens with one attached hydrogen (secondary N) is 1. The average molecular weight is 242 g/mol. The first kappa shape index (κ1) is 12.1. The van der Waals surface area contributed by atoms with Crippen LogP contribution in [0, 0.1) is 24.0 Å². The first-order valence-electron chi connectivity index (χ1n) is 5.64. The summed E-state index contributed by atoms with van der Waals surface area (Å²) in [5, 5.41) is 13.8. The third-order valence-electron chi connectivity index (χ3n) is 2.59. The fraction of sp³-hybridized carbons (Fsp3) is 0.143. The molecule has 2 rings (SSSR count). The van der Waals surface area contributed by atoms with Crippen LogP contribution in [0.2, 0.25) is 0 Å². The van der Waals surface area contributed by atoms with Crippen molar-refractivity contribution in [3.8, 4) is 0 Å². The van der Waals surface area contributed by atoms with Gasteiger partial charge in [-0.25, -0.2) is 0 Å². The van der Waals surface area contributed by atoms with Gasteiger partial charge in [-0.3, -0.25) is 10.1 Å². The Labute approximate surface area is 105 Å². The van der Waals surface area contributed by atoms with Gasteiger partial charge in [0.25, 0.3) is 5.69 Å². The normalized spacial score (nSPS) is 10.1. The van der Waals surface area contributed by atoms with E-state index in [1.54, 1.807) is 12.1 Å². The molecule has 0 atom stereocenters. The zero-order chi connectivity index (χ0) is 13.1. The van der Waals surface area contributed by atoms with Crippen molar-refractivity contribution in [2.24, 2.45) is 0 Å². The van der Waals surface area contributed by atoms with E-state index in [2.05, 4.69) is 11.4 Å². The van der Waals surface area contributed by atoms with Gasteiger partial charge in [0.1, 0.15) is 0 Å². The van der Waals surface area contributed by atoms with Crippen LogP contribution < -0.4 is 5.32 Å². The van der Waals surface area contributed by atoms with Crippen LogP contribution in [0.1, 0.15) is 11.1 Å². The fourth-order valence-corrected chi connectivity index (χ4v) is 1.88. The third kappa shape index (κ3) is 2.85. The van der Waals surface area contributed by atoms with Crippen molar-refractivity contribution in [1.29, 1.82) is 0 Å². The molecule has 4 nitrogen and oxygen atoms in total. The molecule has 0 fully saturated rings. The fourth-order valence-electron chi connectivity index (χ4n) is 1.88. The number of nitro groups is 1. The van der Waals surface area contributed by atoms with E-state index in [0.717, 1.165) is 11.4 Å². The molecule has 0 spiro atoms. The van der Waals surface area contributed by atoms with Crippen LogP contribution in [0.25, 0.3) is 0 Å². The van der Waals surface area contributed by atoms with Gasteiger partial charge in [0.2, 0.25) is 0 Å². The van der Waals surface area contributed by atoms with Gasteiger partial charge in [-0.15, -0.1) is 0 Å². The molecule has 0 radical (unpaired) electrons. The van der Waals surface area contributed by atoms with Crippen LogP contribution in [0.4, 0.5) is 17.1 Å². The number of non-ortho nitro benzene ring substituents is 1. The number of benzene rings is 2. The molecule has 0 amide bonds. The second kappa shape index (κ2) is 4.87. The molecule has 0 unspecified atom stereocenters. The van der Waals surface area contributed by atoms with E-state index in [0.29, 0.717) is 0 Å². The Morgan fingerprint density at radius 2 is 1.50 bits per heavy atom. The minimum absolute atomic E-state index is 0.0981. The number of nitro benzene ring substituents is 1. The first-order valence-corrected chi connectivity index (χ1v) is 5.64. The van der Waals surface area contributed by atoms with Crippen molar-refractivity contribution >= 4 is 17.1 Å². The molecule has 1 N–H and O–H groups in total. The summed E-state index contributed by atoms with van der Waals surface area (Å²) in [6.45, 7) is 4.07. The Balaban J connectivity index is 2.20. The molecule has 2 aromatic carbocycles. The monoisotopic (exact) mass is 242 g/mol. The lowest BCUT2D eigenvalue weighted by Gasteiger charge is -2.08. The molecule has 0 saturated heterocycles. The number of hydrogen-bond acceptors (Lipinski definition) is 3. The molecule has 0 saturated carbocycles. The molecule has 0 aliphatic rings. The van der Waals surface area contributed by atoms with Crippen LogP contribution in [0.3, 0.4) is 0 Å². The smallest absolute Gasteiger partial charge is 0.269 e. The second-order valence-corrected chi connectivity index (χ2v) is 4.31. The maximum atomic E-state index is 10.5. The highest BCUT2D eigenvalue weighted by atomic mass is 16.6. The Hall–Kier alpha value is -2.36. The highest BCUT2D eigenvalue weighted by Crippen LogP contribution is 2.21. The van der Waals surface area contributed by atoms with Gasteiger partial charge < -0.3 is 5.32 Å². The van der Waals surface area contributed by atoms with Crippen molar-refractivity contribution in [3.05, 3.63) is 63.7 Å². The lowest BCUT2D eigenvalue weighted by Crippen LogP contribution is -1.93. The van der Waals surface area contributed by atoms with Crippen molar-refractivity contribution in [3.63, 3.8) is 0 Å². The predicted molar refractivity (Wildman–Crippen MR) is 72.3 cm³/mol. The van der Waals surface area contributed by atoms with Gasteiger partial charge in [-0.2, -0.15) is 0 Å². The number of anilines is 2. The Morgan fingerprint density at radius 1 is 0.944 bits per heavy atom. The third-order valence-corrected chi connectivity index (χ3v) is 2.59. The van der Waals surface area contributed by atoms with Gasteiger partial charge in [0.05, 0.1) is 4.92 Å². The minimum atomic E-state index is -0.402. The second-order valence-electron chi connectivity index (χ2n) is 4.31. The molecule has 4 heteroatoms. The van der Waals surface area contributed by atoms with Crippen LogP contribution >= 0.6 is 0 Å². The topological polar surface area (TPSA) is 55.2 Å². The standard InChI is InChI=1S/C14H14N2O2/c1-10-7-11(2)9-13(8-10)15-12-3-5-14(6-4-12)16(17)18/h3-9,15H,1-2H3. The summed E-state index contributed by atoms with van der Waals surface area (Å²) in [5.74, 6) is 0. The van der Waals surface area contributed by atoms with E-state index in [1.165, 1.54) is 23.3 Å². The highest BCUT2D eigenvalue weighted by molar-refractivity contribution is 5.62. The van der Waals surface area contributed by atoms with Gasteiger partial charge in [0, 0.05) is 23.5 Å². The Kier molecular flexibility index (Phi) is 3.28. The van der Waals surface area contributed by atoms with Gasteiger partial charge in [0.15, 0.2) is 0 Å². The first-order chi connectivity index (χ1) is 8.54. The molecule has 0 bridgehead atoms. The van der Waals surface area contributed by atoms with E-state index in [4.69, 9.17) is 0 Å². The van der Waals surface area contributed by atoms with Gasteiger partial charge in [-0.1, -0.05) is 6.07 Å². The molecule has 0 aliphatic heterocycles. The number of nitrogens with zero attached hydrogens (tertiary/aromatic N) is 1. The van der Waals surface area contributed by atoms with E-state index in [1.807, 2.05) is 26.0 Å². The number of rotatable bonds is 3. The van der Waals surface area contributed by atoms with Crippen LogP contribution in [-0.2, 0) is 0 Å². The zero-order valence-electron chi connectivity index (χ0n) is 10.3. The molecule has 0 aliphatic carbocycles. The van der Waals surface area contributed by atoms with Crippen LogP contribution in [0.5, 0.6) is 0 Å². The van der Waals surface area contributed by atoms with Crippen LogP contribution in [-0.4, -0.2) is 4.92 Å². The molecular weight excluding hydrogens is 228 g/mol. The largest absolute Gasteiger partial charge is 0.356 e. The minimum Gasteiger partial charge on any atom is -0.356 e. The van der Waals surface area contributed by atoms with Gasteiger partial charge in [-0.05, 0) is 49.2 Å². The van der Waals surface area contributed by atoms with Crippen molar-refractivity contribution < 1.29 is 4.92 Å². The molecule has 92 valence electrons. The van der Waals surface area contributed by atoms with Crippen molar-refractivity contribution in [1.82, 2.24) is 0 Å². The summed E-state index contributed by atoms with van der Waals surface area (Å²) in [6.07, 6.45) is 0. The molecule has 0 heterocycles. The maximum Gasteiger partial charge on any atom is 0.269 e. The predicted octanol–water partition coefficient (Wildman–Crippen LogP) is 3.96. The van der Waals surface area contributed by atoms with Gasteiger partial charge >= 0.3 is 0 Å². The number of aryl methyl sites for hydroxylation is 2. The van der Waals surface area contributed by atoms with Crippen LogP contribution in [0.15, 0.2) is 42.5 Å². The van der Waals surface area contributed by atoms with Crippen molar-refractivity contribution in [2.75, 3.05) is 5.32 Å². The lowest BCUT2D eigenvalue weighted by atomic mass is 10.1. The number of hydrogen-bond donors (Lipinski definition) is 1. The van der Waals surface area contributed by atoms with E-state index in [9.17, 15) is 10.1 Å². The summed E-state index contributed by atoms with van der Waals surface area (Å²) in [5.41, 5.74) is 4.28. The summed E-state index contributed by atoms with van der Waals surface area (Å²) in [7, 11) is 0. The SMILES string of the molecule is Cc1cc(C)cc(Nc2ccc([N+](=O)[O-])cc2)c1. The summed E-state index contributed by atoms with van der Waals surface area (Å²) < 4.78 is 0.